The molecular weight excluding hydrogens is 399 g/mol. The fourth-order valence-corrected chi connectivity index (χ4v) is 2.61. The van der Waals surface area contributed by atoms with Crippen molar-refractivity contribution >= 4 is 52.7 Å². The maximum atomic E-state index is 12.8. The van der Waals surface area contributed by atoms with Crippen LogP contribution >= 0.6 is 46.4 Å². The zero-order chi connectivity index (χ0) is 17.4. The molecule has 2 nitrogen and oxygen atoms in total. The summed E-state index contributed by atoms with van der Waals surface area (Å²) in [7, 11) is 0. The second kappa shape index (κ2) is 6.77. The summed E-state index contributed by atoms with van der Waals surface area (Å²) in [5, 5.41) is -1.42. The van der Waals surface area contributed by atoms with Gasteiger partial charge in [0.2, 0.25) is 0 Å². The molecule has 0 heterocycles. The van der Waals surface area contributed by atoms with Crippen LogP contribution in [0.1, 0.15) is 15.9 Å². The second-order valence-corrected chi connectivity index (χ2v) is 5.83. The lowest BCUT2D eigenvalue weighted by molar-refractivity contribution is -0.137. The minimum absolute atomic E-state index is 0.108. The number of hydrogen-bond donors (Lipinski definition) is 0. The van der Waals surface area contributed by atoms with Gasteiger partial charge in [-0.1, -0.05) is 46.4 Å². The lowest BCUT2D eigenvalue weighted by atomic mass is 10.2. The molecule has 122 valence electrons. The van der Waals surface area contributed by atoms with Crippen molar-refractivity contribution in [3.63, 3.8) is 0 Å². The number of carbonyl (C=O) groups is 1. The highest BCUT2D eigenvalue weighted by Crippen LogP contribution is 2.47. The molecule has 0 spiro atoms. The smallest absolute Gasteiger partial charge is 0.417 e. The minimum atomic E-state index is -4.71. The lowest BCUT2D eigenvalue weighted by Gasteiger charge is -2.15. The van der Waals surface area contributed by atoms with Crippen LogP contribution in [0.25, 0.3) is 0 Å². The summed E-state index contributed by atoms with van der Waals surface area (Å²) >= 11 is 23.0. The van der Waals surface area contributed by atoms with Crippen LogP contribution in [0.4, 0.5) is 13.2 Å². The Kier molecular flexibility index (Phi) is 5.36. The van der Waals surface area contributed by atoms with E-state index >= 15 is 0 Å². The second-order valence-electron chi connectivity index (χ2n) is 4.26. The average molecular weight is 404 g/mol. The monoisotopic (exact) mass is 402 g/mol. The molecule has 2 rings (SSSR count). The summed E-state index contributed by atoms with van der Waals surface area (Å²) in [6, 6.07) is 4.68. The SMILES string of the molecule is O=Cc1cc(Oc2c(Cl)cc(C(F)(F)F)c(Cl)c2Cl)ccc1Cl. The fourth-order valence-electron chi connectivity index (χ4n) is 1.67. The summed E-state index contributed by atoms with van der Waals surface area (Å²) in [5.41, 5.74) is -1.04. The normalized spacial score (nSPS) is 11.4. The van der Waals surface area contributed by atoms with Crippen molar-refractivity contribution in [3.05, 3.63) is 55.5 Å². The van der Waals surface area contributed by atoms with Crippen LogP contribution in [0.3, 0.4) is 0 Å². The number of ether oxygens (including phenoxy) is 1. The van der Waals surface area contributed by atoms with Crippen LogP contribution in [-0.4, -0.2) is 6.29 Å². The lowest BCUT2D eigenvalue weighted by Crippen LogP contribution is -2.06. The molecule has 0 saturated heterocycles. The van der Waals surface area contributed by atoms with Crippen molar-refractivity contribution in [2.45, 2.75) is 6.18 Å². The van der Waals surface area contributed by atoms with E-state index in [0.717, 1.165) is 0 Å². The Morgan fingerprint density at radius 3 is 2.17 bits per heavy atom. The molecule has 23 heavy (non-hydrogen) atoms. The maximum absolute atomic E-state index is 12.8. The summed E-state index contributed by atoms with van der Waals surface area (Å²) in [6.45, 7) is 0. The van der Waals surface area contributed by atoms with Gasteiger partial charge in [0.1, 0.15) is 10.8 Å². The quantitative estimate of drug-likeness (QED) is 0.410. The third-order valence-electron chi connectivity index (χ3n) is 2.74. The molecule has 0 atom stereocenters. The van der Waals surface area contributed by atoms with Gasteiger partial charge in [-0.15, -0.1) is 0 Å². The van der Waals surface area contributed by atoms with Crippen LogP contribution in [0.5, 0.6) is 11.5 Å². The summed E-state index contributed by atoms with van der Waals surface area (Å²) in [4.78, 5) is 10.8. The van der Waals surface area contributed by atoms with E-state index in [1.807, 2.05) is 0 Å². The van der Waals surface area contributed by atoms with Gasteiger partial charge in [0.05, 0.1) is 20.6 Å². The minimum Gasteiger partial charge on any atom is -0.454 e. The van der Waals surface area contributed by atoms with Gasteiger partial charge in [-0.25, -0.2) is 0 Å². The molecule has 2 aromatic rings. The van der Waals surface area contributed by atoms with Gasteiger partial charge in [-0.3, -0.25) is 4.79 Å². The van der Waals surface area contributed by atoms with Crippen molar-refractivity contribution < 1.29 is 22.7 Å². The van der Waals surface area contributed by atoms with Gasteiger partial charge < -0.3 is 4.74 Å². The Labute approximate surface area is 148 Å². The first kappa shape index (κ1) is 18.2. The molecule has 0 N–H and O–H groups in total. The predicted octanol–water partition coefficient (Wildman–Crippen LogP) is 6.92. The van der Waals surface area contributed by atoms with Gasteiger partial charge in [-0.2, -0.15) is 13.2 Å². The Balaban J connectivity index is 2.49. The van der Waals surface area contributed by atoms with E-state index in [9.17, 15) is 18.0 Å². The van der Waals surface area contributed by atoms with Crippen molar-refractivity contribution in [3.8, 4) is 11.5 Å². The van der Waals surface area contributed by atoms with Crippen molar-refractivity contribution in [1.29, 1.82) is 0 Å². The van der Waals surface area contributed by atoms with Gasteiger partial charge in [-0.05, 0) is 24.3 Å². The summed E-state index contributed by atoms with van der Waals surface area (Å²) < 4.78 is 43.8. The average Bonchev–Trinajstić information content (AvgIpc) is 2.47. The Hall–Kier alpha value is -1.14. The van der Waals surface area contributed by atoms with Crippen molar-refractivity contribution in [2.24, 2.45) is 0 Å². The van der Waals surface area contributed by atoms with E-state index in [1.54, 1.807) is 0 Å². The first-order chi connectivity index (χ1) is 10.6. The van der Waals surface area contributed by atoms with E-state index in [4.69, 9.17) is 51.1 Å². The van der Waals surface area contributed by atoms with E-state index < -0.39 is 21.8 Å². The third-order valence-corrected chi connectivity index (χ3v) is 4.21. The van der Waals surface area contributed by atoms with Crippen molar-refractivity contribution in [2.75, 3.05) is 0 Å². The molecule has 2 aromatic carbocycles. The number of carbonyl (C=O) groups excluding carboxylic acids is 1. The molecule has 0 aromatic heterocycles. The molecule has 0 bridgehead atoms. The first-order valence-electron chi connectivity index (χ1n) is 5.82. The Bertz CT molecular complexity index is 776. The zero-order valence-corrected chi connectivity index (χ0v) is 13.9. The molecule has 0 aliphatic heterocycles. The molecule has 0 aliphatic carbocycles. The van der Waals surface area contributed by atoms with Gasteiger partial charge >= 0.3 is 6.18 Å². The van der Waals surface area contributed by atoms with Crippen LogP contribution < -0.4 is 4.74 Å². The molecular formula is C14H5Cl4F3O2. The van der Waals surface area contributed by atoms with E-state index in [-0.39, 0.29) is 27.1 Å². The first-order valence-corrected chi connectivity index (χ1v) is 7.33. The molecule has 0 amide bonds. The highest BCUT2D eigenvalue weighted by Gasteiger charge is 2.36. The van der Waals surface area contributed by atoms with Crippen LogP contribution in [0.2, 0.25) is 20.1 Å². The highest BCUT2D eigenvalue weighted by atomic mass is 35.5. The largest absolute Gasteiger partial charge is 0.454 e. The highest BCUT2D eigenvalue weighted by molar-refractivity contribution is 6.45. The van der Waals surface area contributed by atoms with Gasteiger partial charge in [0.15, 0.2) is 12.0 Å². The van der Waals surface area contributed by atoms with Crippen molar-refractivity contribution in [1.82, 2.24) is 0 Å². The number of aldehydes is 1. The maximum Gasteiger partial charge on any atom is 0.417 e. The number of rotatable bonds is 3. The molecule has 0 saturated carbocycles. The number of halogens is 7. The van der Waals surface area contributed by atoms with Gasteiger partial charge in [0.25, 0.3) is 0 Å². The third kappa shape index (κ3) is 3.86. The van der Waals surface area contributed by atoms with E-state index in [0.29, 0.717) is 12.4 Å². The predicted molar refractivity (Wildman–Crippen MR) is 83.4 cm³/mol. The Morgan fingerprint density at radius 2 is 1.61 bits per heavy atom. The summed E-state index contributed by atoms with van der Waals surface area (Å²) in [6.07, 6.45) is -4.22. The number of benzene rings is 2. The fraction of sp³-hybridized carbons (Fsp3) is 0.0714. The molecule has 0 aliphatic rings. The number of hydrogen-bond acceptors (Lipinski definition) is 2. The summed E-state index contributed by atoms with van der Waals surface area (Å²) in [5.74, 6) is -0.151. The molecule has 0 radical (unpaired) electrons. The topological polar surface area (TPSA) is 26.3 Å². The molecule has 0 unspecified atom stereocenters. The molecule has 0 fully saturated rings. The van der Waals surface area contributed by atoms with Crippen LogP contribution in [0, 0.1) is 0 Å². The zero-order valence-electron chi connectivity index (χ0n) is 10.8. The van der Waals surface area contributed by atoms with Crippen LogP contribution in [-0.2, 0) is 6.18 Å². The number of alkyl halides is 3. The van der Waals surface area contributed by atoms with E-state index in [2.05, 4.69) is 0 Å². The van der Waals surface area contributed by atoms with E-state index in [1.165, 1.54) is 18.2 Å². The van der Waals surface area contributed by atoms with Crippen LogP contribution in [0.15, 0.2) is 24.3 Å². The van der Waals surface area contributed by atoms with Gasteiger partial charge in [0, 0.05) is 5.56 Å². The Morgan fingerprint density at radius 1 is 0.957 bits per heavy atom. The molecule has 9 heteroatoms. The standard InChI is InChI=1S/C14H5Cl4F3O2/c15-9-2-1-7(3-6(9)5-22)23-13-10(16)4-8(14(19,20)21)11(17)12(13)18/h1-5H.